The van der Waals surface area contributed by atoms with Crippen molar-refractivity contribution >= 4 is 23.9 Å². The first-order valence-electron chi connectivity index (χ1n) is 7.68. The summed E-state index contributed by atoms with van der Waals surface area (Å²) >= 11 is 0. The third-order valence-corrected chi connectivity index (χ3v) is 3.01. The summed E-state index contributed by atoms with van der Waals surface area (Å²) in [5.41, 5.74) is 6.02. The Balaban J connectivity index is 2.65. The molecule has 0 aromatic heterocycles. The molecule has 0 aliphatic carbocycles. The van der Waals surface area contributed by atoms with Crippen LogP contribution in [-0.2, 0) is 19.1 Å². The van der Waals surface area contributed by atoms with E-state index in [1.807, 2.05) is 30.3 Å². The van der Waals surface area contributed by atoms with E-state index < -0.39 is 17.9 Å². The summed E-state index contributed by atoms with van der Waals surface area (Å²) in [6.07, 6.45) is 6.20. The van der Waals surface area contributed by atoms with Gasteiger partial charge in [-0.05, 0) is 25.0 Å². The van der Waals surface area contributed by atoms with E-state index in [4.69, 9.17) is 10.5 Å². The Labute approximate surface area is 141 Å². The summed E-state index contributed by atoms with van der Waals surface area (Å²) < 4.78 is 4.78. The molecule has 6 heteroatoms. The Morgan fingerprint density at radius 1 is 1.21 bits per heavy atom. The number of amides is 2. The van der Waals surface area contributed by atoms with Gasteiger partial charge in [-0.3, -0.25) is 9.59 Å². The van der Waals surface area contributed by atoms with Gasteiger partial charge in [-0.1, -0.05) is 36.4 Å². The molecule has 0 bridgehead atoms. The lowest BCUT2D eigenvalue weighted by Crippen LogP contribution is -2.33. The fourth-order valence-electron chi connectivity index (χ4n) is 1.87. The third-order valence-electron chi connectivity index (χ3n) is 3.01. The van der Waals surface area contributed by atoms with Crippen molar-refractivity contribution in [2.45, 2.75) is 25.8 Å². The molecule has 128 valence electrons. The normalized spacial score (nSPS) is 12.2. The maximum absolute atomic E-state index is 12.0. The van der Waals surface area contributed by atoms with E-state index in [0.29, 0.717) is 6.42 Å². The quantitative estimate of drug-likeness (QED) is 0.530. The van der Waals surface area contributed by atoms with Gasteiger partial charge in [-0.25, -0.2) is 4.79 Å². The molecule has 1 rings (SSSR count). The maximum Gasteiger partial charge on any atom is 0.330 e. The van der Waals surface area contributed by atoms with Crippen LogP contribution < -0.4 is 11.1 Å². The molecule has 0 saturated carbocycles. The Kier molecular flexibility index (Phi) is 8.60. The minimum Gasteiger partial charge on any atom is -0.463 e. The van der Waals surface area contributed by atoms with Crippen molar-refractivity contribution in [3.05, 3.63) is 54.1 Å². The topological polar surface area (TPSA) is 98.5 Å². The fourth-order valence-corrected chi connectivity index (χ4v) is 1.87. The van der Waals surface area contributed by atoms with E-state index in [1.54, 1.807) is 13.0 Å². The zero-order valence-corrected chi connectivity index (χ0v) is 13.6. The van der Waals surface area contributed by atoms with E-state index in [2.05, 4.69) is 5.32 Å². The van der Waals surface area contributed by atoms with Gasteiger partial charge in [0.1, 0.15) is 0 Å². The van der Waals surface area contributed by atoms with E-state index in [9.17, 15) is 14.4 Å². The minimum absolute atomic E-state index is 0.0977. The number of carbonyl (C=O) groups excluding carboxylic acids is 3. The Morgan fingerprint density at radius 2 is 1.92 bits per heavy atom. The van der Waals surface area contributed by atoms with E-state index in [0.717, 1.165) is 5.56 Å². The number of carbonyl (C=O) groups is 3. The van der Waals surface area contributed by atoms with Crippen molar-refractivity contribution in [2.75, 3.05) is 6.61 Å². The predicted octanol–water partition coefficient (Wildman–Crippen LogP) is 1.57. The smallest absolute Gasteiger partial charge is 0.330 e. The number of nitrogens with one attached hydrogen (secondary N) is 1. The van der Waals surface area contributed by atoms with E-state index in [1.165, 1.54) is 18.2 Å². The molecule has 0 radical (unpaired) electrons. The van der Waals surface area contributed by atoms with Crippen molar-refractivity contribution in [2.24, 2.45) is 5.73 Å². The molecule has 0 unspecified atom stereocenters. The van der Waals surface area contributed by atoms with Crippen molar-refractivity contribution < 1.29 is 19.1 Å². The van der Waals surface area contributed by atoms with Gasteiger partial charge in [-0.15, -0.1) is 0 Å². The van der Waals surface area contributed by atoms with Crippen LogP contribution in [0.2, 0.25) is 0 Å². The Bertz CT molecular complexity index is 609. The molecule has 24 heavy (non-hydrogen) atoms. The molecule has 1 atom stereocenters. The van der Waals surface area contributed by atoms with Crippen LogP contribution in [0.1, 0.15) is 25.3 Å². The third kappa shape index (κ3) is 8.53. The van der Waals surface area contributed by atoms with Crippen LogP contribution in [0, 0.1) is 0 Å². The van der Waals surface area contributed by atoms with Gasteiger partial charge in [0.15, 0.2) is 0 Å². The van der Waals surface area contributed by atoms with Gasteiger partial charge >= 0.3 is 5.97 Å². The second-order valence-corrected chi connectivity index (χ2v) is 4.98. The summed E-state index contributed by atoms with van der Waals surface area (Å²) in [4.78, 5) is 34.3. The predicted molar refractivity (Wildman–Crippen MR) is 91.6 cm³/mol. The number of esters is 1. The van der Waals surface area contributed by atoms with Crippen LogP contribution >= 0.6 is 0 Å². The molecule has 6 nitrogen and oxygen atoms in total. The van der Waals surface area contributed by atoms with Gasteiger partial charge in [0, 0.05) is 24.6 Å². The first kappa shape index (κ1) is 19.2. The molecule has 0 heterocycles. The number of primary amides is 1. The van der Waals surface area contributed by atoms with Gasteiger partial charge in [0.05, 0.1) is 6.61 Å². The highest BCUT2D eigenvalue weighted by molar-refractivity contribution is 5.92. The first-order valence-corrected chi connectivity index (χ1v) is 7.68. The van der Waals surface area contributed by atoms with Gasteiger partial charge in [-0.2, -0.15) is 0 Å². The summed E-state index contributed by atoms with van der Waals surface area (Å²) in [6.45, 7) is 1.97. The number of hydrogen-bond donors (Lipinski definition) is 2. The highest BCUT2D eigenvalue weighted by atomic mass is 16.5. The monoisotopic (exact) mass is 330 g/mol. The van der Waals surface area contributed by atoms with Crippen molar-refractivity contribution in [3.8, 4) is 0 Å². The Morgan fingerprint density at radius 3 is 2.54 bits per heavy atom. The molecule has 0 spiro atoms. The molecule has 0 aliphatic heterocycles. The summed E-state index contributed by atoms with van der Waals surface area (Å²) in [5, 5.41) is 2.71. The van der Waals surface area contributed by atoms with Crippen LogP contribution in [-0.4, -0.2) is 30.4 Å². The highest BCUT2D eigenvalue weighted by Gasteiger charge is 2.10. The second kappa shape index (κ2) is 10.8. The average molecular weight is 330 g/mol. The number of rotatable bonds is 9. The van der Waals surface area contributed by atoms with Crippen LogP contribution in [0.5, 0.6) is 0 Å². The Hall–Kier alpha value is -2.89. The number of hydrogen-bond acceptors (Lipinski definition) is 4. The average Bonchev–Trinajstić information content (AvgIpc) is 2.56. The lowest BCUT2D eigenvalue weighted by Gasteiger charge is -2.12. The largest absolute Gasteiger partial charge is 0.463 e. The highest BCUT2D eigenvalue weighted by Crippen LogP contribution is 2.03. The van der Waals surface area contributed by atoms with Crippen molar-refractivity contribution in [1.29, 1.82) is 0 Å². The molecule has 3 N–H and O–H groups in total. The van der Waals surface area contributed by atoms with Gasteiger partial charge < -0.3 is 15.8 Å². The second-order valence-electron chi connectivity index (χ2n) is 4.98. The zero-order valence-electron chi connectivity index (χ0n) is 13.6. The van der Waals surface area contributed by atoms with Crippen molar-refractivity contribution in [3.63, 3.8) is 0 Å². The van der Waals surface area contributed by atoms with Gasteiger partial charge in [0.2, 0.25) is 11.8 Å². The minimum atomic E-state index is -0.504. The van der Waals surface area contributed by atoms with Crippen LogP contribution in [0.4, 0.5) is 0 Å². The summed E-state index contributed by atoms with van der Waals surface area (Å²) in [6, 6.07) is 8.88. The number of ether oxygens (including phenoxy) is 1. The molecule has 0 fully saturated rings. The molecule has 0 aliphatic rings. The molecular formula is C18H22N2O4. The SMILES string of the molecule is CCOC(=O)/C=C/[C@H](CCC(N)=O)NC(=O)/C=C/c1ccccc1. The lowest BCUT2D eigenvalue weighted by atomic mass is 10.1. The standard InChI is InChI=1S/C18H22N2O4/c1-2-24-18(23)13-10-15(9-11-16(19)21)20-17(22)12-8-14-6-4-3-5-7-14/h3-8,10,12-13,15H,2,9,11H2,1H3,(H2,19,21)(H,20,22)/b12-8+,13-10+/t15-/m0/s1. The summed E-state index contributed by atoms with van der Waals surface area (Å²) in [7, 11) is 0. The summed E-state index contributed by atoms with van der Waals surface area (Å²) in [5.74, 6) is -1.31. The molecule has 2 amide bonds. The molecule has 0 saturated heterocycles. The lowest BCUT2D eigenvalue weighted by molar-refractivity contribution is -0.137. The zero-order chi connectivity index (χ0) is 17.8. The molecular weight excluding hydrogens is 308 g/mol. The van der Waals surface area contributed by atoms with E-state index >= 15 is 0 Å². The van der Waals surface area contributed by atoms with Crippen molar-refractivity contribution in [1.82, 2.24) is 5.32 Å². The van der Waals surface area contributed by atoms with E-state index in [-0.39, 0.29) is 18.9 Å². The maximum atomic E-state index is 12.0. The molecule has 1 aromatic carbocycles. The number of nitrogens with two attached hydrogens (primary N) is 1. The van der Waals surface area contributed by atoms with Gasteiger partial charge in [0.25, 0.3) is 0 Å². The first-order chi connectivity index (χ1) is 11.5. The number of benzene rings is 1. The van der Waals surface area contributed by atoms with Crippen LogP contribution in [0.15, 0.2) is 48.6 Å². The van der Waals surface area contributed by atoms with Crippen LogP contribution in [0.3, 0.4) is 0 Å². The molecule has 1 aromatic rings. The fraction of sp³-hybridized carbons (Fsp3) is 0.278. The van der Waals surface area contributed by atoms with Crippen LogP contribution in [0.25, 0.3) is 6.08 Å².